The average Bonchev–Trinajstić information content (AvgIpc) is 3.03. The molecule has 1 atom stereocenters. The van der Waals surface area contributed by atoms with Crippen LogP contribution in [0.25, 0.3) is 22.0 Å². The van der Waals surface area contributed by atoms with Gasteiger partial charge in [-0.05, 0) is 71.8 Å². The molecular formula is C32H24F3N5O3. The van der Waals surface area contributed by atoms with Crippen molar-refractivity contribution < 1.29 is 27.6 Å². The van der Waals surface area contributed by atoms with Crippen molar-refractivity contribution in [2.24, 2.45) is 0 Å². The molecule has 0 aliphatic heterocycles. The third kappa shape index (κ3) is 6.51. The summed E-state index contributed by atoms with van der Waals surface area (Å²) in [6.45, 7) is 0. The number of carbonyl (C=O) groups is 3. The van der Waals surface area contributed by atoms with Crippen molar-refractivity contribution in [2.75, 3.05) is 12.4 Å². The van der Waals surface area contributed by atoms with Crippen LogP contribution >= 0.6 is 0 Å². The van der Waals surface area contributed by atoms with Gasteiger partial charge in [-0.3, -0.25) is 19.4 Å². The molecule has 0 saturated heterocycles. The van der Waals surface area contributed by atoms with Crippen LogP contribution in [0.3, 0.4) is 0 Å². The SMILES string of the molecule is CNC(=O)[C@@H](NC(=O)c1ccc2nc(NC(=O)c3ccccc3-c3ccc(C(F)(F)F)cc3)ccc2c1)c1ccccn1. The van der Waals surface area contributed by atoms with Crippen molar-refractivity contribution in [2.45, 2.75) is 12.2 Å². The van der Waals surface area contributed by atoms with E-state index in [1.54, 1.807) is 72.8 Å². The van der Waals surface area contributed by atoms with Gasteiger partial charge in [0, 0.05) is 29.8 Å². The Bertz CT molecular complexity index is 1810. The minimum Gasteiger partial charge on any atom is -0.357 e. The Balaban J connectivity index is 1.34. The first-order valence-corrected chi connectivity index (χ1v) is 13.1. The molecule has 0 aliphatic carbocycles. The highest BCUT2D eigenvalue weighted by Crippen LogP contribution is 2.32. The van der Waals surface area contributed by atoms with Crippen LogP contribution in [-0.2, 0) is 11.0 Å². The molecule has 3 aromatic carbocycles. The quantitative estimate of drug-likeness (QED) is 0.225. The maximum absolute atomic E-state index is 13.2. The first-order chi connectivity index (χ1) is 20.6. The second-order valence-electron chi connectivity index (χ2n) is 9.45. The number of benzene rings is 3. The van der Waals surface area contributed by atoms with Gasteiger partial charge in [0.2, 0.25) is 5.91 Å². The molecule has 2 aromatic heterocycles. The molecule has 5 rings (SSSR count). The van der Waals surface area contributed by atoms with Gasteiger partial charge in [-0.15, -0.1) is 0 Å². The Morgan fingerprint density at radius 1 is 0.814 bits per heavy atom. The number of rotatable bonds is 7. The minimum absolute atomic E-state index is 0.242. The zero-order valence-corrected chi connectivity index (χ0v) is 22.6. The molecule has 43 heavy (non-hydrogen) atoms. The summed E-state index contributed by atoms with van der Waals surface area (Å²) in [5.41, 5.74) is 1.58. The topological polar surface area (TPSA) is 113 Å². The molecule has 216 valence electrons. The molecule has 0 bridgehead atoms. The number of fused-ring (bicyclic) bond motifs is 1. The van der Waals surface area contributed by atoms with Gasteiger partial charge in [0.25, 0.3) is 11.8 Å². The van der Waals surface area contributed by atoms with E-state index in [2.05, 4.69) is 25.9 Å². The summed E-state index contributed by atoms with van der Waals surface area (Å²) in [7, 11) is 1.47. The second kappa shape index (κ2) is 12.1. The zero-order valence-electron chi connectivity index (χ0n) is 22.6. The van der Waals surface area contributed by atoms with Crippen molar-refractivity contribution in [3.8, 4) is 11.1 Å². The maximum Gasteiger partial charge on any atom is 0.416 e. The van der Waals surface area contributed by atoms with E-state index in [-0.39, 0.29) is 11.4 Å². The normalized spacial score (nSPS) is 11.9. The van der Waals surface area contributed by atoms with E-state index >= 15 is 0 Å². The average molecular weight is 584 g/mol. The summed E-state index contributed by atoms with van der Waals surface area (Å²) in [5, 5.41) is 8.58. The maximum atomic E-state index is 13.2. The third-order valence-corrected chi connectivity index (χ3v) is 6.66. The Labute approximate surface area is 244 Å². The molecule has 8 nitrogen and oxygen atoms in total. The standard InChI is InChI=1S/C32H24F3N5O3/c1-36-31(43)28(26-8-4-5-17-37-26)40-29(41)21-11-15-25-20(18-21)12-16-27(38-25)39-30(42)24-7-3-2-6-23(24)19-9-13-22(14-10-19)32(33,34)35/h2-18,28H,1H3,(H,36,43)(H,40,41)(H,38,39,42)/t28-/m0/s1. The van der Waals surface area contributed by atoms with Gasteiger partial charge >= 0.3 is 6.18 Å². The number of nitrogens with zero attached hydrogens (tertiary/aromatic N) is 2. The molecule has 0 spiro atoms. The highest BCUT2D eigenvalue weighted by Gasteiger charge is 2.30. The summed E-state index contributed by atoms with van der Waals surface area (Å²) in [6, 6.07) is 23.3. The van der Waals surface area contributed by atoms with Crippen LogP contribution in [0.5, 0.6) is 0 Å². The van der Waals surface area contributed by atoms with Gasteiger partial charge < -0.3 is 16.0 Å². The molecule has 0 saturated carbocycles. The molecule has 0 aliphatic rings. The molecule has 3 amide bonds. The number of amides is 3. The summed E-state index contributed by atoms with van der Waals surface area (Å²) in [4.78, 5) is 47.3. The number of anilines is 1. The summed E-state index contributed by atoms with van der Waals surface area (Å²) < 4.78 is 39.0. The summed E-state index contributed by atoms with van der Waals surface area (Å²) in [6.07, 6.45) is -2.93. The molecule has 0 unspecified atom stereocenters. The second-order valence-corrected chi connectivity index (χ2v) is 9.45. The highest BCUT2D eigenvalue weighted by molar-refractivity contribution is 6.08. The van der Waals surface area contributed by atoms with Gasteiger partial charge in [-0.1, -0.05) is 36.4 Å². The van der Waals surface area contributed by atoms with E-state index in [1.807, 2.05) is 0 Å². The monoisotopic (exact) mass is 583 g/mol. The minimum atomic E-state index is -4.46. The number of aromatic nitrogens is 2. The van der Waals surface area contributed by atoms with Gasteiger partial charge in [0.1, 0.15) is 5.82 Å². The van der Waals surface area contributed by atoms with E-state index in [9.17, 15) is 27.6 Å². The van der Waals surface area contributed by atoms with Crippen molar-refractivity contribution >= 4 is 34.4 Å². The van der Waals surface area contributed by atoms with Gasteiger partial charge in [0.15, 0.2) is 6.04 Å². The van der Waals surface area contributed by atoms with E-state index in [0.29, 0.717) is 33.3 Å². The molecule has 3 N–H and O–H groups in total. The van der Waals surface area contributed by atoms with E-state index < -0.39 is 35.5 Å². The van der Waals surface area contributed by atoms with Crippen LogP contribution in [-0.4, -0.2) is 34.7 Å². The number of alkyl halides is 3. The molecule has 11 heteroatoms. The molecule has 0 fully saturated rings. The first kappa shape index (κ1) is 28.9. The smallest absolute Gasteiger partial charge is 0.357 e. The van der Waals surface area contributed by atoms with Gasteiger partial charge in [-0.2, -0.15) is 13.2 Å². The number of hydrogen-bond donors (Lipinski definition) is 3. The lowest BCUT2D eigenvalue weighted by molar-refractivity contribution is -0.137. The number of likely N-dealkylation sites (N-methyl/N-ethyl adjacent to an activating group) is 1. The largest absolute Gasteiger partial charge is 0.416 e. The van der Waals surface area contributed by atoms with Gasteiger partial charge in [-0.25, -0.2) is 4.98 Å². The third-order valence-electron chi connectivity index (χ3n) is 6.66. The molecule has 5 aromatic rings. The van der Waals surface area contributed by atoms with Gasteiger partial charge in [0.05, 0.1) is 16.8 Å². The lowest BCUT2D eigenvalue weighted by Crippen LogP contribution is -2.39. The van der Waals surface area contributed by atoms with E-state index in [1.165, 1.54) is 25.4 Å². The first-order valence-electron chi connectivity index (χ1n) is 13.1. The molecule has 2 heterocycles. The fourth-order valence-electron chi connectivity index (χ4n) is 4.47. The highest BCUT2D eigenvalue weighted by atomic mass is 19.4. The van der Waals surface area contributed by atoms with Crippen LogP contribution in [0.15, 0.2) is 103 Å². The van der Waals surface area contributed by atoms with Crippen LogP contribution in [0.1, 0.15) is 38.0 Å². The summed E-state index contributed by atoms with van der Waals surface area (Å²) >= 11 is 0. The van der Waals surface area contributed by atoms with Crippen molar-refractivity contribution in [1.29, 1.82) is 0 Å². The Morgan fingerprint density at radius 3 is 2.26 bits per heavy atom. The lowest BCUT2D eigenvalue weighted by atomic mass is 9.98. The fraction of sp³-hybridized carbons (Fsp3) is 0.0938. The van der Waals surface area contributed by atoms with E-state index in [4.69, 9.17) is 0 Å². The Kier molecular flexibility index (Phi) is 8.15. The van der Waals surface area contributed by atoms with Crippen molar-refractivity contribution in [3.05, 3.63) is 126 Å². The van der Waals surface area contributed by atoms with Crippen LogP contribution in [0.4, 0.5) is 19.0 Å². The summed E-state index contributed by atoms with van der Waals surface area (Å²) in [5.74, 6) is -1.16. The lowest BCUT2D eigenvalue weighted by Gasteiger charge is -2.17. The number of halogens is 3. The number of nitrogens with one attached hydrogen (secondary N) is 3. The van der Waals surface area contributed by atoms with Crippen molar-refractivity contribution in [1.82, 2.24) is 20.6 Å². The number of hydrogen-bond acceptors (Lipinski definition) is 5. The predicted molar refractivity (Wildman–Crippen MR) is 155 cm³/mol. The zero-order chi connectivity index (χ0) is 30.6. The van der Waals surface area contributed by atoms with E-state index in [0.717, 1.165) is 12.1 Å². The fourth-order valence-corrected chi connectivity index (χ4v) is 4.47. The van der Waals surface area contributed by atoms with Crippen LogP contribution < -0.4 is 16.0 Å². The Hall–Kier alpha value is -5.58. The van der Waals surface area contributed by atoms with Crippen LogP contribution in [0.2, 0.25) is 0 Å². The predicted octanol–water partition coefficient (Wildman–Crippen LogP) is 5.79. The number of pyridine rings is 2. The Morgan fingerprint density at radius 2 is 1.56 bits per heavy atom. The molecule has 0 radical (unpaired) electrons. The number of carbonyl (C=O) groups excluding carboxylic acids is 3. The molecular weight excluding hydrogens is 559 g/mol. The van der Waals surface area contributed by atoms with Crippen LogP contribution in [0, 0.1) is 0 Å². The van der Waals surface area contributed by atoms with Crippen molar-refractivity contribution in [3.63, 3.8) is 0 Å².